The summed E-state index contributed by atoms with van der Waals surface area (Å²) in [5.74, 6) is 0.0347. The normalized spacial score (nSPS) is 9.12. The third-order valence-corrected chi connectivity index (χ3v) is 0.833. The molecule has 0 aromatic carbocycles. The third-order valence-electron chi connectivity index (χ3n) is 0.833. The lowest BCUT2D eigenvalue weighted by atomic mass is 10.3. The molecule has 2 nitrogen and oxygen atoms in total. The molecule has 0 spiro atoms. The number of nitrogens with zero attached hydrogens (tertiary/aromatic N) is 1. The molecule has 2 radical (unpaired) electrons. The molecular formula is C6H5NO. The second kappa shape index (κ2) is 1.82. The largest absolute Gasteiger partial charge is 0.506 e. The lowest BCUT2D eigenvalue weighted by Gasteiger charge is -1.91. The summed E-state index contributed by atoms with van der Waals surface area (Å²) in [6.07, 6.45) is 2.82. The highest BCUT2D eigenvalue weighted by Gasteiger charge is 1.88. The second-order valence-corrected chi connectivity index (χ2v) is 1.43. The van der Waals surface area contributed by atoms with Crippen LogP contribution < -0.4 is 0 Å². The smallest absolute Gasteiger partial charge is 0.137 e. The van der Waals surface area contributed by atoms with Crippen LogP contribution in [0.2, 0.25) is 0 Å². The van der Waals surface area contributed by atoms with Crippen molar-refractivity contribution in [3.05, 3.63) is 30.9 Å². The van der Waals surface area contributed by atoms with Gasteiger partial charge in [0.1, 0.15) is 5.75 Å². The van der Waals surface area contributed by atoms with Crippen molar-refractivity contribution >= 4 is 0 Å². The Morgan fingerprint density at radius 1 is 1.62 bits per heavy atom. The minimum absolute atomic E-state index is 0.0347. The molecule has 0 fully saturated rings. The number of aromatic hydroxyl groups is 1. The van der Waals surface area contributed by atoms with Gasteiger partial charge in [-0.2, -0.15) is 0 Å². The highest BCUT2D eigenvalue weighted by atomic mass is 16.3. The Hall–Kier alpha value is -1.05. The van der Waals surface area contributed by atoms with E-state index in [-0.39, 0.29) is 5.75 Å². The number of hydrogen-bond donors (Lipinski definition) is 1. The molecule has 1 rings (SSSR count). The first kappa shape index (κ1) is 5.09. The van der Waals surface area contributed by atoms with E-state index in [1.807, 2.05) is 0 Å². The van der Waals surface area contributed by atoms with Gasteiger partial charge in [0, 0.05) is 18.7 Å². The lowest BCUT2D eigenvalue weighted by Crippen LogP contribution is -1.73. The topological polar surface area (TPSA) is 33.1 Å². The van der Waals surface area contributed by atoms with Crippen LogP contribution in [-0.2, 0) is 0 Å². The summed E-state index contributed by atoms with van der Waals surface area (Å²) in [5.41, 5.74) is 0.361. The summed E-state index contributed by atoms with van der Waals surface area (Å²) >= 11 is 0. The van der Waals surface area contributed by atoms with Crippen LogP contribution in [0.5, 0.6) is 5.75 Å². The Morgan fingerprint density at radius 3 is 2.75 bits per heavy atom. The number of aromatic nitrogens is 1. The van der Waals surface area contributed by atoms with E-state index in [1.54, 1.807) is 0 Å². The maximum absolute atomic E-state index is 8.73. The molecule has 0 atom stereocenters. The van der Waals surface area contributed by atoms with Crippen molar-refractivity contribution in [2.45, 2.75) is 0 Å². The van der Waals surface area contributed by atoms with Crippen LogP contribution in [0.25, 0.3) is 0 Å². The van der Waals surface area contributed by atoms with Crippen molar-refractivity contribution in [1.82, 2.24) is 4.98 Å². The first-order chi connectivity index (χ1) is 3.80. The lowest BCUT2D eigenvalue weighted by molar-refractivity contribution is 0.470. The van der Waals surface area contributed by atoms with Gasteiger partial charge in [0.15, 0.2) is 0 Å². The van der Waals surface area contributed by atoms with Gasteiger partial charge in [0.2, 0.25) is 0 Å². The zero-order valence-corrected chi connectivity index (χ0v) is 4.20. The van der Waals surface area contributed by atoms with Gasteiger partial charge in [-0.3, -0.25) is 4.98 Å². The van der Waals surface area contributed by atoms with Crippen LogP contribution in [0, 0.1) is 6.92 Å². The number of pyridine rings is 1. The first-order valence-electron chi connectivity index (χ1n) is 2.19. The minimum atomic E-state index is 0.0347. The molecule has 1 heterocycles. The molecule has 1 aromatic rings. The number of rotatable bonds is 0. The third kappa shape index (κ3) is 0.780. The fourth-order valence-corrected chi connectivity index (χ4v) is 0.397. The van der Waals surface area contributed by atoms with Crippen molar-refractivity contribution in [3.63, 3.8) is 0 Å². The van der Waals surface area contributed by atoms with Crippen molar-refractivity contribution < 1.29 is 5.11 Å². The predicted octanol–water partition coefficient (Wildman–Crippen LogP) is 0.846. The van der Waals surface area contributed by atoms with E-state index >= 15 is 0 Å². The summed E-state index contributed by atoms with van der Waals surface area (Å²) in [5, 5.41) is 8.73. The van der Waals surface area contributed by atoms with Crippen molar-refractivity contribution in [2.75, 3.05) is 0 Å². The molecule has 8 heavy (non-hydrogen) atoms. The Morgan fingerprint density at radius 2 is 2.38 bits per heavy atom. The molecule has 1 aromatic heterocycles. The minimum Gasteiger partial charge on any atom is -0.506 e. The van der Waals surface area contributed by atoms with Gasteiger partial charge in [-0.05, 0) is 6.07 Å². The van der Waals surface area contributed by atoms with E-state index in [9.17, 15) is 0 Å². The molecule has 0 aliphatic heterocycles. The van der Waals surface area contributed by atoms with Gasteiger partial charge >= 0.3 is 0 Å². The fraction of sp³-hybridized carbons (Fsp3) is 0. The van der Waals surface area contributed by atoms with Gasteiger partial charge in [-0.25, -0.2) is 0 Å². The Balaban J connectivity index is 3.13. The fourth-order valence-electron chi connectivity index (χ4n) is 0.397. The summed E-state index contributed by atoms with van der Waals surface area (Å²) in [4.78, 5) is 3.62. The van der Waals surface area contributed by atoms with Crippen molar-refractivity contribution in [1.29, 1.82) is 0 Å². The summed E-state index contributed by atoms with van der Waals surface area (Å²) in [6.45, 7) is 5.23. The molecule has 0 unspecified atom stereocenters. The standard InChI is InChI=1S/C6H5NO/c1-5-2-3-7-4-6(5)8/h1-4,8H. The van der Waals surface area contributed by atoms with Crippen LogP contribution in [-0.4, -0.2) is 10.1 Å². The quantitative estimate of drug-likeness (QED) is 0.533. The van der Waals surface area contributed by atoms with Crippen LogP contribution in [0.15, 0.2) is 18.5 Å². The van der Waals surface area contributed by atoms with Crippen LogP contribution >= 0.6 is 0 Å². The zero-order valence-electron chi connectivity index (χ0n) is 4.20. The Labute approximate surface area is 47.8 Å². The number of hydrogen-bond acceptors (Lipinski definition) is 2. The van der Waals surface area contributed by atoms with Crippen molar-refractivity contribution in [3.8, 4) is 5.75 Å². The molecule has 0 aliphatic rings. The Kier molecular flexibility index (Phi) is 1.16. The Bertz CT molecular complexity index is 165. The predicted molar refractivity (Wildman–Crippen MR) is 29.3 cm³/mol. The van der Waals surface area contributed by atoms with Gasteiger partial charge in [-0.1, -0.05) is 0 Å². The zero-order chi connectivity index (χ0) is 5.98. The molecule has 0 saturated heterocycles. The average Bonchev–Trinajstić information content (AvgIpc) is 1.77. The highest BCUT2D eigenvalue weighted by Crippen LogP contribution is 2.10. The molecule has 0 saturated carbocycles. The molecule has 0 amide bonds. The average molecular weight is 107 g/mol. The SMILES string of the molecule is [CH]c1ccncc1O. The molecule has 0 aliphatic carbocycles. The van der Waals surface area contributed by atoms with E-state index in [0.717, 1.165) is 0 Å². The first-order valence-corrected chi connectivity index (χ1v) is 2.19. The van der Waals surface area contributed by atoms with Gasteiger partial charge < -0.3 is 5.11 Å². The van der Waals surface area contributed by atoms with E-state index in [0.29, 0.717) is 5.56 Å². The molecule has 1 N–H and O–H groups in total. The van der Waals surface area contributed by atoms with E-state index < -0.39 is 0 Å². The maximum atomic E-state index is 8.73. The van der Waals surface area contributed by atoms with Gasteiger partial charge in [0.25, 0.3) is 0 Å². The van der Waals surface area contributed by atoms with Gasteiger partial charge in [0.05, 0.1) is 6.20 Å². The molecular weight excluding hydrogens is 102 g/mol. The van der Waals surface area contributed by atoms with Crippen LogP contribution in [0.1, 0.15) is 5.56 Å². The summed E-state index contributed by atoms with van der Waals surface area (Å²) in [7, 11) is 0. The van der Waals surface area contributed by atoms with E-state index in [2.05, 4.69) is 4.98 Å². The van der Waals surface area contributed by atoms with Crippen molar-refractivity contribution in [2.24, 2.45) is 0 Å². The van der Waals surface area contributed by atoms with Crippen LogP contribution in [0.3, 0.4) is 0 Å². The monoisotopic (exact) mass is 107 g/mol. The van der Waals surface area contributed by atoms with Gasteiger partial charge in [-0.15, -0.1) is 0 Å². The summed E-state index contributed by atoms with van der Waals surface area (Å²) in [6, 6.07) is 1.54. The molecule has 0 bridgehead atoms. The molecule has 2 heteroatoms. The van der Waals surface area contributed by atoms with E-state index in [1.165, 1.54) is 18.5 Å². The summed E-state index contributed by atoms with van der Waals surface area (Å²) < 4.78 is 0. The second-order valence-electron chi connectivity index (χ2n) is 1.43. The molecule has 40 valence electrons. The highest BCUT2D eigenvalue weighted by molar-refractivity contribution is 5.29. The maximum Gasteiger partial charge on any atom is 0.137 e. The van der Waals surface area contributed by atoms with Crippen LogP contribution in [0.4, 0.5) is 0 Å². The van der Waals surface area contributed by atoms with E-state index in [4.69, 9.17) is 12.0 Å².